The second kappa shape index (κ2) is 5.87. The van der Waals surface area contributed by atoms with Crippen LogP contribution >= 0.6 is 0 Å². The Labute approximate surface area is 109 Å². The first-order valence-electron chi connectivity index (χ1n) is 6.40. The van der Waals surface area contributed by atoms with Crippen molar-refractivity contribution in [1.29, 1.82) is 0 Å². The zero-order chi connectivity index (χ0) is 13.0. The Hall–Kier alpha value is -1.55. The minimum atomic E-state index is 0.184. The standard InChI is InChI=1S/C14H21N3O/c1-16(2)13-8-9-17(11-13)14(18)10-15-12-6-4-3-5-7-12/h3-7,13,15H,8-11H2,1-2H3. The summed E-state index contributed by atoms with van der Waals surface area (Å²) in [5.41, 5.74) is 0.995. The fourth-order valence-corrected chi connectivity index (χ4v) is 2.24. The number of likely N-dealkylation sites (tertiary alicyclic amines) is 1. The number of hydrogen-bond acceptors (Lipinski definition) is 3. The number of carbonyl (C=O) groups excluding carboxylic acids is 1. The van der Waals surface area contributed by atoms with Crippen molar-refractivity contribution in [1.82, 2.24) is 9.80 Å². The third-order valence-corrected chi connectivity index (χ3v) is 3.46. The molecule has 98 valence electrons. The molecule has 2 rings (SSSR count). The van der Waals surface area contributed by atoms with Gasteiger partial charge in [0.2, 0.25) is 5.91 Å². The third kappa shape index (κ3) is 3.23. The van der Waals surface area contributed by atoms with Crippen LogP contribution in [0.4, 0.5) is 5.69 Å². The number of nitrogens with zero attached hydrogens (tertiary/aromatic N) is 2. The zero-order valence-electron chi connectivity index (χ0n) is 11.1. The number of benzene rings is 1. The summed E-state index contributed by atoms with van der Waals surface area (Å²) in [7, 11) is 4.14. The molecule has 1 aliphatic heterocycles. The normalized spacial score (nSPS) is 19.3. The van der Waals surface area contributed by atoms with E-state index in [-0.39, 0.29) is 5.91 Å². The molecule has 1 aromatic carbocycles. The van der Waals surface area contributed by atoms with Gasteiger partial charge >= 0.3 is 0 Å². The number of nitrogens with one attached hydrogen (secondary N) is 1. The zero-order valence-corrected chi connectivity index (χ0v) is 11.1. The molecule has 0 bridgehead atoms. The van der Waals surface area contributed by atoms with E-state index >= 15 is 0 Å². The van der Waals surface area contributed by atoms with Gasteiger partial charge in [0.15, 0.2) is 0 Å². The fourth-order valence-electron chi connectivity index (χ4n) is 2.24. The number of rotatable bonds is 4. The summed E-state index contributed by atoms with van der Waals surface area (Å²) < 4.78 is 0. The van der Waals surface area contributed by atoms with Crippen molar-refractivity contribution in [2.24, 2.45) is 0 Å². The van der Waals surface area contributed by atoms with Gasteiger partial charge in [0.1, 0.15) is 0 Å². The van der Waals surface area contributed by atoms with E-state index in [0.717, 1.165) is 25.2 Å². The predicted octanol–water partition coefficient (Wildman–Crippen LogP) is 1.26. The van der Waals surface area contributed by atoms with Crippen LogP contribution in [-0.2, 0) is 4.79 Å². The van der Waals surface area contributed by atoms with Crippen molar-refractivity contribution in [3.63, 3.8) is 0 Å². The van der Waals surface area contributed by atoms with Crippen molar-refractivity contribution in [2.45, 2.75) is 12.5 Å². The van der Waals surface area contributed by atoms with E-state index in [0.29, 0.717) is 12.6 Å². The number of amides is 1. The van der Waals surface area contributed by atoms with Crippen LogP contribution in [0.5, 0.6) is 0 Å². The summed E-state index contributed by atoms with van der Waals surface area (Å²) in [6.07, 6.45) is 1.07. The molecule has 1 N–H and O–H groups in total. The second-order valence-electron chi connectivity index (χ2n) is 4.97. The SMILES string of the molecule is CN(C)C1CCN(C(=O)CNc2ccccc2)C1. The van der Waals surface area contributed by atoms with Crippen LogP contribution < -0.4 is 5.32 Å². The molecule has 0 aromatic heterocycles. The summed E-state index contributed by atoms with van der Waals surface area (Å²) in [6.45, 7) is 2.10. The topological polar surface area (TPSA) is 35.6 Å². The summed E-state index contributed by atoms with van der Waals surface area (Å²) in [6, 6.07) is 10.3. The van der Waals surface area contributed by atoms with Crippen molar-refractivity contribution in [3.8, 4) is 0 Å². The van der Waals surface area contributed by atoms with Gasteiger partial charge in [-0.3, -0.25) is 4.79 Å². The second-order valence-corrected chi connectivity index (χ2v) is 4.97. The van der Waals surface area contributed by atoms with Crippen molar-refractivity contribution < 1.29 is 4.79 Å². The van der Waals surface area contributed by atoms with Crippen LogP contribution in [0.1, 0.15) is 6.42 Å². The maximum atomic E-state index is 12.0. The number of hydrogen-bond donors (Lipinski definition) is 1. The average Bonchev–Trinajstić information content (AvgIpc) is 2.87. The summed E-state index contributed by atoms with van der Waals surface area (Å²) in [4.78, 5) is 16.2. The number of carbonyl (C=O) groups is 1. The maximum Gasteiger partial charge on any atom is 0.241 e. The Morgan fingerprint density at radius 3 is 2.72 bits per heavy atom. The van der Waals surface area contributed by atoms with E-state index in [9.17, 15) is 4.79 Å². The Morgan fingerprint density at radius 2 is 2.11 bits per heavy atom. The minimum Gasteiger partial charge on any atom is -0.376 e. The molecular formula is C14H21N3O. The number of para-hydroxylation sites is 1. The molecule has 1 amide bonds. The van der Waals surface area contributed by atoms with Gasteiger partial charge in [-0.2, -0.15) is 0 Å². The van der Waals surface area contributed by atoms with Gasteiger partial charge in [-0.15, -0.1) is 0 Å². The highest BCUT2D eigenvalue weighted by Gasteiger charge is 2.26. The number of likely N-dealkylation sites (N-methyl/N-ethyl adjacent to an activating group) is 1. The number of anilines is 1. The van der Waals surface area contributed by atoms with Gasteiger partial charge in [-0.1, -0.05) is 18.2 Å². The molecule has 1 unspecified atom stereocenters. The van der Waals surface area contributed by atoms with Crippen LogP contribution in [0, 0.1) is 0 Å². The van der Waals surface area contributed by atoms with E-state index in [1.165, 1.54) is 0 Å². The quantitative estimate of drug-likeness (QED) is 0.870. The third-order valence-electron chi connectivity index (χ3n) is 3.46. The van der Waals surface area contributed by atoms with Crippen molar-refractivity contribution in [2.75, 3.05) is 39.0 Å². The molecule has 1 aromatic rings. The van der Waals surface area contributed by atoms with E-state index in [1.807, 2.05) is 35.2 Å². The van der Waals surface area contributed by atoms with Gasteiger partial charge in [0.25, 0.3) is 0 Å². The monoisotopic (exact) mass is 247 g/mol. The molecular weight excluding hydrogens is 226 g/mol. The lowest BCUT2D eigenvalue weighted by Gasteiger charge is -2.20. The van der Waals surface area contributed by atoms with Crippen LogP contribution in [0.2, 0.25) is 0 Å². The molecule has 1 atom stereocenters. The highest BCUT2D eigenvalue weighted by molar-refractivity contribution is 5.81. The Kier molecular flexibility index (Phi) is 4.20. The molecule has 0 spiro atoms. The van der Waals surface area contributed by atoms with Crippen LogP contribution in [0.3, 0.4) is 0 Å². The van der Waals surface area contributed by atoms with E-state index in [1.54, 1.807) is 0 Å². The van der Waals surface area contributed by atoms with Crippen LogP contribution in [-0.4, -0.2) is 55.5 Å². The van der Waals surface area contributed by atoms with Crippen LogP contribution in [0.25, 0.3) is 0 Å². The van der Waals surface area contributed by atoms with E-state index < -0.39 is 0 Å². The lowest BCUT2D eigenvalue weighted by atomic mass is 10.2. The molecule has 1 aliphatic rings. The summed E-state index contributed by atoms with van der Waals surface area (Å²) in [5, 5.41) is 3.16. The molecule has 1 heterocycles. The molecule has 0 aliphatic carbocycles. The molecule has 4 nitrogen and oxygen atoms in total. The lowest BCUT2D eigenvalue weighted by molar-refractivity contribution is -0.128. The lowest BCUT2D eigenvalue weighted by Crippen LogP contribution is -2.37. The predicted molar refractivity (Wildman–Crippen MR) is 73.6 cm³/mol. The van der Waals surface area contributed by atoms with Crippen molar-refractivity contribution in [3.05, 3.63) is 30.3 Å². The Balaban J connectivity index is 1.79. The first-order valence-corrected chi connectivity index (χ1v) is 6.40. The summed E-state index contributed by atoms with van der Waals surface area (Å²) in [5.74, 6) is 0.184. The van der Waals surface area contributed by atoms with E-state index in [2.05, 4.69) is 24.3 Å². The van der Waals surface area contributed by atoms with E-state index in [4.69, 9.17) is 0 Å². The molecule has 0 radical (unpaired) electrons. The molecule has 1 saturated heterocycles. The highest BCUT2D eigenvalue weighted by Crippen LogP contribution is 2.13. The molecule has 18 heavy (non-hydrogen) atoms. The van der Waals surface area contributed by atoms with Gasteiger partial charge in [-0.05, 0) is 32.6 Å². The smallest absolute Gasteiger partial charge is 0.241 e. The van der Waals surface area contributed by atoms with Gasteiger partial charge in [0, 0.05) is 24.8 Å². The average molecular weight is 247 g/mol. The molecule has 0 saturated carbocycles. The molecule has 4 heteroatoms. The maximum absolute atomic E-state index is 12.0. The Bertz CT molecular complexity index is 391. The van der Waals surface area contributed by atoms with Gasteiger partial charge in [-0.25, -0.2) is 0 Å². The largest absolute Gasteiger partial charge is 0.376 e. The highest BCUT2D eigenvalue weighted by atomic mass is 16.2. The first kappa shape index (κ1) is 12.9. The minimum absolute atomic E-state index is 0.184. The first-order chi connectivity index (χ1) is 8.66. The van der Waals surface area contributed by atoms with Gasteiger partial charge in [0.05, 0.1) is 6.54 Å². The van der Waals surface area contributed by atoms with Crippen LogP contribution in [0.15, 0.2) is 30.3 Å². The molecule has 1 fully saturated rings. The van der Waals surface area contributed by atoms with Gasteiger partial charge < -0.3 is 15.1 Å². The fraction of sp³-hybridized carbons (Fsp3) is 0.500. The summed E-state index contributed by atoms with van der Waals surface area (Å²) >= 11 is 0. The Morgan fingerprint density at radius 1 is 1.39 bits per heavy atom. The van der Waals surface area contributed by atoms with Crippen molar-refractivity contribution >= 4 is 11.6 Å².